The molecule has 2 heterocycles. The minimum absolute atomic E-state index is 0.569. The molecule has 37 heavy (non-hydrogen) atoms. The molecule has 0 unspecified atom stereocenters. The molecule has 1 aliphatic rings. The molecule has 0 amide bonds. The highest BCUT2D eigenvalue weighted by molar-refractivity contribution is 5.73. The topological polar surface area (TPSA) is 69.6 Å². The lowest BCUT2D eigenvalue weighted by atomic mass is 10.0. The Morgan fingerprint density at radius 3 is 2.14 bits per heavy atom. The molecule has 0 aliphatic carbocycles. The molecule has 1 N–H and O–H groups in total. The second-order valence-electron chi connectivity index (χ2n) is 9.54. The van der Waals surface area contributed by atoms with Crippen LogP contribution in [0.25, 0.3) is 0 Å². The second-order valence-corrected chi connectivity index (χ2v) is 9.54. The molecular weight excluding hydrogens is 481 g/mol. The van der Waals surface area contributed by atoms with E-state index in [1.54, 1.807) is 0 Å². The van der Waals surface area contributed by atoms with Crippen molar-refractivity contribution in [1.29, 1.82) is 0 Å². The molecule has 0 fully saturated rings. The highest BCUT2D eigenvalue weighted by Gasteiger charge is 2.38. The van der Waals surface area contributed by atoms with Crippen molar-refractivity contribution >= 4 is 23.4 Å². The first kappa shape index (κ1) is 30.1. The van der Waals surface area contributed by atoms with Crippen LogP contribution in [0.1, 0.15) is 67.5 Å². The molecule has 3 rings (SSSR count). The molecule has 0 saturated carbocycles. The molecule has 1 aromatic heterocycles. The lowest BCUT2D eigenvalue weighted by Crippen LogP contribution is -2.34. The van der Waals surface area contributed by atoms with Gasteiger partial charge in [0, 0.05) is 30.4 Å². The van der Waals surface area contributed by atoms with Crippen molar-refractivity contribution in [3.8, 4) is 0 Å². The van der Waals surface area contributed by atoms with Gasteiger partial charge in [-0.15, -0.1) is 6.58 Å². The molecule has 2 aromatic rings. The van der Waals surface area contributed by atoms with Crippen LogP contribution in [0.15, 0.2) is 24.8 Å². The fraction of sp³-hybridized carbons (Fsp3) is 0.536. The molecule has 0 atom stereocenters. The van der Waals surface area contributed by atoms with E-state index in [0.29, 0.717) is 12.6 Å². The fourth-order valence-electron chi connectivity index (χ4n) is 5.03. The number of carboxylic acids is 1. The predicted molar refractivity (Wildman–Crippen MR) is 143 cm³/mol. The standard InChI is InChI=1S/C26H38N4.C2HF3O2/c1-8-11-22(12-9-2)29-15-13-23-21(7)27-26(28-25(23)29)30(14-10-3)24-19(5)16-18(4)17-20(24)6;3-2(4,5)1(6)7/h10,16-17,22H,3,8-9,11-15H2,1-2,4-7H3;(H,6,7). The monoisotopic (exact) mass is 520 g/mol. The van der Waals surface area contributed by atoms with Crippen molar-refractivity contribution in [2.45, 2.75) is 85.9 Å². The Kier molecular flexibility index (Phi) is 10.5. The number of aromatic nitrogens is 2. The largest absolute Gasteiger partial charge is 0.490 e. The van der Waals surface area contributed by atoms with Crippen LogP contribution in [0.2, 0.25) is 0 Å². The second kappa shape index (κ2) is 12.9. The van der Waals surface area contributed by atoms with E-state index in [1.807, 2.05) is 6.08 Å². The molecule has 6 nitrogen and oxygen atoms in total. The van der Waals surface area contributed by atoms with Gasteiger partial charge in [0.2, 0.25) is 5.95 Å². The maximum atomic E-state index is 10.6. The summed E-state index contributed by atoms with van der Waals surface area (Å²) in [5, 5.41) is 7.12. The maximum absolute atomic E-state index is 10.6. The van der Waals surface area contributed by atoms with Crippen LogP contribution < -0.4 is 9.80 Å². The lowest BCUT2D eigenvalue weighted by molar-refractivity contribution is -0.192. The third-order valence-electron chi connectivity index (χ3n) is 6.44. The van der Waals surface area contributed by atoms with Gasteiger partial charge in [0.05, 0.1) is 5.69 Å². The minimum atomic E-state index is -5.08. The quantitative estimate of drug-likeness (QED) is 0.359. The van der Waals surface area contributed by atoms with Crippen LogP contribution >= 0.6 is 0 Å². The van der Waals surface area contributed by atoms with E-state index in [4.69, 9.17) is 19.9 Å². The van der Waals surface area contributed by atoms with Crippen molar-refractivity contribution in [2.24, 2.45) is 0 Å². The number of carboxylic acid groups (broad SMARTS) is 1. The van der Waals surface area contributed by atoms with E-state index in [2.05, 4.69) is 70.1 Å². The Morgan fingerprint density at radius 1 is 1.14 bits per heavy atom. The molecule has 204 valence electrons. The van der Waals surface area contributed by atoms with Gasteiger partial charge in [-0.25, -0.2) is 9.78 Å². The molecule has 9 heteroatoms. The van der Waals surface area contributed by atoms with Crippen LogP contribution in [-0.2, 0) is 11.2 Å². The van der Waals surface area contributed by atoms with Gasteiger partial charge in [-0.3, -0.25) is 0 Å². The van der Waals surface area contributed by atoms with Crippen LogP contribution in [0.4, 0.5) is 30.6 Å². The number of benzene rings is 1. The summed E-state index contributed by atoms with van der Waals surface area (Å²) in [6, 6.07) is 5.05. The SMILES string of the molecule is C=CCN(c1nc(C)c2c(n1)N(C(CCC)CCC)CC2)c1c(C)cc(C)cc1C.O=C(O)C(F)(F)F. The summed E-state index contributed by atoms with van der Waals surface area (Å²) in [5.41, 5.74) is 7.42. The summed E-state index contributed by atoms with van der Waals surface area (Å²) >= 11 is 0. The first-order valence-corrected chi connectivity index (χ1v) is 12.8. The number of hydrogen-bond donors (Lipinski definition) is 1. The number of halogens is 3. The van der Waals surface area contributed by atoms with Gasteiger partial charge in [0.15, 0.2) is 0 Å². The number of nitrogens with zero attached hydrogens (tertiary/aromatic N) is 4. The van der Waals surface area contributed by atoms with E-state index in [9.17, 15) is 13.2 Å². The minimum Gasteiger partial charge on any atom is -0.475 e. The van der Waals surface area contributed by atoms with E-state index in [-0.39, 0.29) is 0 Å². The Morgan fingerprint density at radius 2 is 1.68 bits per heavy atom. The van der Waals surface area contributed by atoms with E-state index in [1.165, 1.54) is 53.6 Å². The van der Waals surface area contributed by atoms with Crippen LogP contribution in [0.3, 0.4) is 0 Å². The number of hydrogen-bond acceptors (Lipinski definition) is 5. The average Bonchev–Trinajstić information content (AvgIpc) is 3.22. The molecule has 0 saturated heterocycles. The van der Waals surface area contributed by atoms with Crippen molar-refractivity contribution in [3.05, 3.63) is 52.7 Å². The summed E-state index contributed by atoms with van der Waals surface area (Å²) in [6.07, 6.45) is 2.76. The fourth-order valence-corrected chi connectivity index (χ4v) is 5.03. The zero-order valence-corrected chi connectivity index (χ0v) is 22.7. The van der Waals surface area contributed by atoms with E-state index < -0.39 is 12.1 Å². The first-order valence-electron chi connectivity index (χ1n) is 12.8. The van der Waals surface area contributed by atoms with Crippen molar-refractivity contribution in [1.82, 2.24) is 9.97 Å². The van der Waals surface area contributed by atoms with Crippen molar-refractivity contribution in [2.75, 3.05) is 22.9 Å². The molecular formula is C28H39F3N4O2. The molecule has 1 aliphatic heterocycles. The summed E-state index contributed by atoms with van der Waals surface area (Å²) in [4.78, 5) is 23.8. The average molecular weight is 521 g/mol. The molecule has 0 spiro atoms. The van der Waals surface area contributed by atoms with Gasteiger partial charge in [0.1, 0.15) is 5.82 Å². The Bertz CT molecular complexity index is 1070. The number of rotatable bonds is 9. The summed E-state index contributed by atoms with van der Waals surface area (Å²) in [6.45, 7) is 19.0. The van der Waals surface area contributed by atoms with E-state index in [0.717, 1.165) is 30.4 Å². The zero-order valence-electron chi connectivity index (χ0n) is 22.7. The molecule has 0 radical (unpaired) electrons. The summed E-state index contributed by atoms with van der Waals surface area (Å²) in [5.74, 6) is -0.812. The number of fused-ring (bicyclic) bond motifs is 1. The number of aryl methyl sites for hydroxylation is 4. The van der Waals surface area contributed by atoms with Gasteiger partial charge >= 0.3 is 12.1 Å². The Labute approximate surface area is 218 Å². The smallest absolute Gasteiger partial charge is 0.475 e. The van der Waals surface area contributed by atoms with Crippen LogP contribution in [0.5, 0.6) is 0 Å². The number of carbonyl (C=O) groups is 1. The first-order chi connectivity index (χ1) is 17.3. The number of anilines is 3. The molecule has 0 bridgehead atoms. The van der Waals surface area contributed by atoms with E-state index >= 15 is 0 Å². The predicted octanol–water partition coefficient (Wildman–Crippen LogP) is 7.00. The maximum Gasteiger partial charge on any atom is 0.490 e. The number of aliphatic carboxylic acids is 1. The van der Waals surface area contributed by atoms with Crippen LogP contribution in [0, 0.1) is 27.7 Å². The number of alkyl halides is 3. The highest BCUT2D eigenvalue weighted by Crippen LogP contribution is 2.36. The zero-order chi connectivity index (χ0) is 27.9. The van der Waals surface area contributed by atoms with Gasteiger partial charge in [-0.05, 0) is 58.1 Å². The summed E-state index contributed by atoms with van der Waals surface area (Å²) < 4.78 is 31.7. The summed E-state index contributed by atoms with van der Waals surface area (Å²) in [7, 11) is 0. The Hall–Kier alpha value is -3.10. The van der Waals surface area contributed by atoms with Gasteiger partial charge in [-0.1, -0.05) is 50.5 Å². The van der Waals surface area contributed by atoms with Crippen molar-refractivity contribution in [3.63, 3.8) is 0 Å². The highest BCUT2D eigenvalue weighted by atomic mass is 19.4. The lowest BCUT2D eigenvalue weighted by Gasteiger charge is -2.31. The normalized spacial score (nSPS) is 12.8. The van der Waals surface area contributed by atoms with Crippen molar-refractivity contribution < 1.29 is 23.1 Å². The van der Waals surface area contributed by atoms with Crippen LogP contribution in [-0.4, -0.2) is 46.4 Å². The molecule has 1 aromatic carbocycles. The van der Waals surface area contributed by atoms with Gasteiger partial charge in [-0.2, -0.15) is 18.2 Å². The third kappa shape index (κ3) is 7.46. The van der Waals surface area contributed by atoms with Gasteiger partial charge < -0.3 is 14.9 Å². The third-order valence-corrected chi connectivity index (χ3v) is 6.44. The Balaban J connectivity index is 0.000000604. The van der Waals surface area contributed by atoms with Gasteiger partial charge in [0.25, 0.3) is 0 Å².